The molecule has 1 aliphatic carbocycles. The fourth-order valence-corrected chi connectivity index (χ4v) is 2.72. The Morgan fingerprint density at radius 3 is 2.76 bits per heavy atom. The van der Waals surface area contributed by atoms with E-state index in [0.717, 1.165) is 24.5 Å². The average Bonchev–Trinajstić information content (AvgIpc) is 2.69. The molecule has 0 atom stereocenters. The molecule has 4 heteroatoms. The van der Waals surface area contributed by atoms with Gasteiger partial charge in [-0.1, -0.05) is 32.1 Å². The molecular formula is C13H20N2O2. The Hall–Kier alpha value is -1.32. The number of aromatic carboxylic acids is 1. The van der Waals surface area contributed by atoms with E-state index in [-0.39, 0.29) is 5.69 Å². The summed E-state index contributed by atoms with van der Waals surface area (Å²) in [5, 5.41) is 9.03. The van der Waals surface area contributed by atoms with Crippen LogP contribution in [-0.2, 0) is 6.42 Å². The molecule has 1 heterocycles. The predicted molar refractivity (Wildman–Crippen MR) is 65.2 cm³/mol. The number of rotatable bonds is 4. The number of aromatic amines is 1. The van der Waals surface area contributed by atoms with Crippen molar-refractivity contribution in [1.82, 2.24) is 9.97 Å². The van der Waals surface area contributed by atoms with Crippen LogP contribution in [0.4, 0.5) is 0 Å². The second-order valence-corrected chi connectivity index (χ2v) is 5.00. The van der Waals surface area contributed by atoms with E-state index in [1.165, 1.54) is 32.1 Å². The van der Waals surface area contributed by atoms with Gasteiger partial charge in [0.25, 0.3) is 0 Å². The molecule has 0 spiro atoms. The number of imidazole rings is 1. The first kappa shape index (κ1) is 12.1. The Balaban J connectivity index is 1.95. The number of hydrogen-bond donors (Lipinski definition) is 2. The van der Waals surface area contributed by atoms with Gasteiger partial charge < -0.3 is 10.1 Å². The molecule has 0 aliphatic heterocycles. The molecule has 1 aromatic heterocycles. The SMILES string of the molecule is Cc1nc(C(=O)O)c(CCC2CCCCC2)[nH]1. The van der Waals surface area contributed by atoms with Crippen molar-refractivity contribution in [3.05, 3.63) is 17.2 Å². The molecule has 1 saturated carbocycles. The van der Waals surface area contributed by atoms with E-state index < -0.39 is 5.97 Å². The molecule has 0 aromatic carbocycles. The molecule has 0 unspecified atom stereocenters. The Bertz CT molecular complexity index is 392. The van der Waals surface area contributed by atoms with E-state index in [9.17, 15) is 4.79 Å². The van der Waals surface area contributed by atoms with Crippen LogP contribution < -0.4 is 0 Å². The zero-order chi connectivity index (χ0) is 12.3. The highest BCUT2D eigenvalue weighted by Gasteiger charge is 2.18. The van der Waals surface area contributed by atoms with Crippen molar-refractivity contribution in [3.63, 3.8) is 0 Å². The van der Waals surface area contributed by atoms with Crippen molar-refractivity contribution in [3.8, 4) is 0 Å². The number of nitrogens with zero attached hydrogens (tertiary/aromatic N) is 1. The number of carbonyl (C=O) groups is 1. The molecule has 17 heavy (non-hydrogen) atoms. The summed E-state index contributed by atoms with van der Waals surface area (Å²) in [7, 11) is 0. The number of hydrogen-bond acceptors (Lipinski definition) is 2. The zero-order valence-corrected chi connectivity index (χ0v) is 10.3. The van der Waals surface area contributed by atoms with E-state index in [2.05, 4.69) is 9.97 Å². The standard InChI is InChI=1S/C13H20N2O2/c1-9-14-11(12(15-9)13(16)17)8-7-10-5-3-2-4-6-10/h10H,2-8H2,1H3,(H,14,15)(H,16,17). The fourth-order valence-electron chi connectivity index (χ4n) is 2.72. The van der Waals surface area contributed by atoms with Gasteiger partial charge in [-0.25, -0.2) is 9.78 Å². The predicted octanol–water partition coefficient (Wildman–Crippen LogP) is 2.93. The van der Waals surface area contributed by atoms with Crippen LogP contribution in [0.2, 0.25) is 0 Å². The van der Waals surface area contributed by atoms with Crippen LogP contribution >= 0.6 is 0 Å². The minimum atomic E-state index is -0.923. The van der Waals surface area contributed by atoms with Gasteiger partial charge in [-0.15, -0.1) is 0 Å². The van der Waals surface area contributed by atoms with Gasteiger partial charge >= 0.3 is 5.97 Å². The summed E-state index contributed by atoms with van der Waals surface area (Å²) in [5.41, 5.74) is 0.999. The largest absolute Gasteiger partial charge is 0.476 e. The third-order valence-corrected chi connectivity index (χ3v) is 3.63. The van der Waals surface area contributed by atoms with Gasteiger partial charge in [0, 0.05) is 5.69 Å². The fraction of sp³-hybridized carbons (Fsp3) is 0.692. The Morgan fingerprint density at radius 1 is 1.41 bits per heavy atom. The number of H-pyrrole nitrogens is 1. The molecule has 2 N–H and O–H groups in total. The van der Waals surface area contributed by atoms with E-state index in [0.29, 0.717) is 5.82 Å². The molecule has 0 bridgehead atoms. The maximum atomic E-state index is 11.0. The monoisotopic (exact) mass is 236 g/mol. The quantitative estimate of drug-likeness (QED) is 0.844. The zero-order valence-electron chi connectivity index (χ0n) is 10.3. The summed E-state index contributed by atoms with van der Waals surface area (Å²) < 4.78 is 0. The molecule has 1 aromatic rings. The van der Waals surface area contributed by atoms with Crippen LogP contribution in [0.1, 0.15) is 60.5 Å². The molecule has 1 aliphatic rings. The van der Waals surface area contributed by atoms with Crippen molar-refractivity contribution in [2.75, 3.05) is 0 Å². The van der Waals surface area contributed by atoms with Gasteiger partial charge in [0.05, 0.1) is 0 Å². The molecule has 0 saturated heterocycles. The molecule has 4 nitrogen and oxygen atoms in total. The van der Waals surface area contributed by atoms with E-state index in [4.69, 9.17) is 5.11 Å². The van der Waals surface area contributed by atoms with Crippen molar-refractivity contribution < 1.29 is 9.90 Å². The van der Waals surface area contributed by atoms with E-state index in [1.807, 2.05) is 0 Å². The summed E-state index contributed by atoms with van der Waals surface area (Å²) in [6.07, 6.45) is 8.52. The normalized spacial score (nSPS) is 17.2. The lowest BCUT2D eigenvalue weighted by molar-refractivity contribution is 0.0689. The molecule has 0 amide bonds. The second kappa shape index (κ2) is 5.34. The van der Waals surface area contributed by atoms with Gasteiger partial charge in [0.15, 0.2) is 5.69 Å². The first-order valence-corrected chi connectivity index (χ1v) is 6.45. The highest BCUT2D eigenvalue weighted by molar-refractivity contribution is 5.86. The van der Waals surface area contributed by atoms with Crippen LogP contribution in [0, 0.1) is 12.8 Å². The van der Waals surface area contributed by atoms with Crippen LogP contribution in [0.3, 0.4) is 0 Å². The summed E-state index contributed by atoms with van der Waals surface area (Å²) >= 11 is 0. The van der Waals surface area contributed by atoms with Crippen LogP contribution in [0.25, 0.3) is 0 Å². The van der Waals surface area contributed by atoms with E-state index in [1.54, 1.807) is 6.92 Å². The van der Waals surface area contributed by atoms with E-state index >= 15 is 0 Å². The molecular weight excluding hydrogens is 216 g/mol. The third kappa shape index (κ3) is 3.08. The molecule has 2 rings (SSSR count). The molecule has 1 fully saturated rings. The van der Waals surface area contributed by atoms with Crippen LogP contribution in [0.15, 0.2) is 0 Å². The van der Waals surface area contributed by atoms with Crippen molar-refractivity contribution in [2.24, 2.45) is 5.92 Å². The van der Waals surface area contributed by atoms with Gasteiger partial charge in [-0.05, 0) is 25.7 Å². The summed E-state index contributed by atoms with van der Waals surface area (Å²) in [4.78, 5) is 18.1. The van der Waals surface area contributed by atoms with Crippen LogP contribution in [0.5, 0.6) is 0 Å². The third-order valence-electron chi connectivity index (χ3n) is 3.63. The van der Waals surface area contributed by atoms with Gasteiger partial charge in [-0.2, -0.15) is 0 Å². The number of carboxylic acids is 1. The second-order valence-electron chi connectivity index (χ2n) is 5.00. The summed E-state index contributed by atoms with van der Waals surface area (Å²) in [6.45, 7) is 1.80. The lowest BCUT2D eigenvalue weighted by atomic mass is 9.85. The number of aryl methyl sites for hydroxylation is 2. The lowest BCUT2D eigenvalue weighted by Crippen LogP contribution is -2.09. The number of carboxylic acid groups (broad SMARTS) is 1. The highest BCUT2D eigenvalue weighted by Crippen LogP contribution is 2.27. The number of aromatic nitrogens is 2. The maximum Gasteiger partial charge on any atom is 0.356 e. The van der Waals surface area contributed by atoms with Crippen molar-refractivity contribution in [2.45, 2.75) is 51.9 Å². The number of nitrogens with one attached hydrogen (secondary N) is 1. The van der Waals surface area contributed by atoms with Gasteiger partial charge in [0.2, 0.25) is 0 Å². The van der Waals surface area contributed by atoms with Gasteiger partial charge in [0.1, 0.15) is 5.82 Å². The van der Waals surface area contributed by atoms with Gasteiger partial charge in [-0.3, -0.25) is 0 Å². The Kier molecular flexibility index (Phi) is 3.82. The van der Waals surface area contributed by atoms with Crippen LogP contribution in [-0.4, -0.2) is 21.0 Å². The summed E-state index contributed by atoms with van der Waals surface area (Å²) in [6, 6.07) is 0. The minimum absolute atomic E-state index is 0.207. The lowest BCUT2D eigenvalue weighted by Gasteiger charge is -2.20. The van der Waals surface area contributed by atoms with Crippen molar-refractivity contribution in [1.29, 1.82) is 0 Å². The first-order chi connectivity index (χ1) is 8.16. The Labute approximate surface area is 101 Å². The average molecular weight is 236 g/mol. The first-order valence-electron chi connectivity index (χ1n) is 6.45. The molecule has 94 valence electrons. The Morgan fingerprint density at radius 2 is 2.12 bits per heavy atom. The summed E-state index contributed by atoms with van der Waals surface area (Å²) in [5.74, 6) is 0.544. The molecule has 0 radical (unpaired) electrons. The topological polar surface area (TPSA) is 66.0 Å². The van der Waals surface area contributed by atoms with Crippen molar-refractivity contribution >= 4 is 5.97 Å². The highest BCUT2D eigenvalue weighted by atomic mass is 16.4. The minimum Gasteiger partial charge on any atom is -0.476 e. The maximum absolute atomic E-state index is 11.0. The smallest absolute Gasteiger partial charge is 0.356 e.